The van der Waals surface area contributed by atoms with E-state index in [0.717, 1.165) is 37.1 Å². The van der Waals surface area contributed by atoms with Gasteiger partial charge >= 0.3 is 0 Å². The largest absolute Gasteiger partial charge is 0.493 e. The summed E-state index contributed by atoms with van der Waals surface area (Å²) in [6.45, 7) is 4.05. The van der Waals surface area contributed by atoms with Crippen LogP contribution in [0.2, 0.25) is 0 Å². The average Bonchev–Trinajstić information content (AvgIpc) is 2.74. The van der Waals surface area contributed by atoms with E-state index >= 15 is 0 Å². The van der Waals surface area contributed by atoms with Crippen molar-refractivity contribution in [1.82, 2.24) is 0 Å². The van der Waals surface area contributed by atoms with Gasteiger partial charge in [-0.25, -0.2) is 0 Å². The lowest BCUT2D eigenvalue weighted by atomic mass is 9.88. The number of carbonyl (C=O) groups is 2. The van der Waals surface area contributed by atoms with Crippen LogP contribution in [0.3, 0.4) is 0 Å². The Hall–Kier alpha value is -2.86. The van der Waals surface area contributed by atoms with E-state index in [1.807, 2.05) is 31.2 Å². The van der Waals surface area contributed by atoms with E-state index in [4.69, 9.17) is 9.47 Å². The first-order valence-corrected chi connectivity index (χ1v) is 9.96. The van der Waals surface area contributed by atoms with Gasteiger partial charge in [-0.2, -0.15) is 0 Å². The van der Waals surface area contributed by atoms with Gasteiger partial charge in [0, 0.05) is 36.1 Å². The van der Waals surface area contributed by atoms with Crippen molar-refractivity contribution < 1.29 is 24.0 Å². The molecular formula is C23H29N2O4+. The molecule has 0 aliphatic carbocycles. The van der Waals surface area contributed by atoms with Gasteiger partial charge in [-0.1, -0.05) is 29.8 Å². The van der Waals surface area contributed by atoms with Gasteiger partial charge < -0.3 is 19.7 Å². The number of quaternary nitrogens is 1. The lowest BCUT2D eigenvalue weighted by Gasteiger charge is -2.28. The molecule has 29 heavy (non-hydrogen) atoms. The number of methoxy groups -OCH3 is 2. The highest BCUT2D eigenvalue weighted by atomic mass is 16.5. The van der Waals surface area contributed by atoms with Gasteiger partial charge in [0.1, 0.15) is 0 Å². The predicted octanol–water partition coefficient (Wildman–Crippen LogP) is 2.13. The fourth-order valence-corrected chi connectivity index (χ4v) is 3.76. The van der Waals surface area contributed by atoms with Gasteiger partial charge in [0.05, 0.1) is 27.3 Å². The molecule has 154 valence electrons. The van der Waals surface area contributed by atoms with E-state index < -0.39 is 0 Å². The number of nitrogens with one attached hydrogen (secondary N) is 2. The molecule has 0 unspecified atom stereocenters. The number of hydrogen-bond donors (Lipinski definition) is 2. The van der Waals surface area contributed by atoms with E-state index in [0.29, 0.717) is 23.7 Å². The molecule has 1 aliphatic heterocycles. The van der Waals surface area contributed by atoms with Crippen molar-refractivity contribution in [3.8, 4) is 11.5 Å². The molecule has 6 heteroatoms. The second kappa shape index (κ2) is 9.56. The number of likely N-dealkylation sites (tertiary alicyclic amines) is 1. The minimum Gasteiger partial charge on any atom is -0.493 e. The molecule has 0 radical (unpaired) electrons. The maximum absolute atomic E-state index is 12.7. The first-order valence-electron chi connectivity index (χ1n) is 9.96. The Kier molecular flexibility index (Phi) is 6.88. The quantitative estimate of drug-likeness (QED) is 0.703. The van der Waals surface area contributed by atoms with Crippen LogP contribution in [-0.2, 0) is 4.79 Å². The van der Waals surface area contributed by atoms with Crippen molar-refractivity contribution >= 4 is 17.4 Å². The number of anilines is 1. The fraction of sp³-hybridized carbons (Fsp3) is 0.391. The Labute approximate surface area is 171 Å². The van der Waals surface area contributed by atoms with Crippen molar-refractivity contribution in [2.45, 2.75) is 19.8 Å². The van der Waals surface area contributed by atoms with Crippen molar-refractivity contribution in [3.05, 3.63) is 53.6 Å². The molecule has 2 N–H and O–H groups in total. The number of piperidine rings is 1. The summed E-state index contributed by atoms with van der Waals surface area (Å²) in [5.74, 6) is 1.43. The van der Waals surface area contributed by atoms with Gasteiger partial charge in [-0.15, -0.1) is 0 Å². The van der Waals surface area contributed by atoms with Gasteiger partial charge in [0.2, 0.25) is 0 Å². The van der Waals surface area contributed by atoms with E-state index in [1.165, 1.54) is 4.90 Å². The topological polar surface area (TPSA) is 69.1 Å². The lowest BCUT2D eigenvalue weighted by Crippen LogP contribution is -3.14. The molecule has 1 amide bonds. The third-order valence-corrected chi connectivity index (χ3v) is 5.48. The number of aryl methyl sites for hydroxylation is 1. The molecule has 1 saturated heterocycles. The summed E-state index contributed by atoms with van der Waals surface area (Å²) in [5, 5.41) is 2.92. The first kappa shape index (κ1) is 20.9. The van der Waals surface area contributed by atoms with Crippen LogP contribution in [-0.4, -0.2) is 45.5 Å². The highest BCUT2D eigenvalue weighted by Crippen LogP contribution is 2.29. The fourth-order valence-electron chi connectivity index (χ4n) is 3.76. The Morgan fingerprint density at radius 2 is 1.66 bits per heavy atom. The minimum absolute atomic E-state index is 0.0458. The molecule has 3 rings (SSSR count). The first-order chi connectivity index (χ1) is 14.0. The van der Waals surface area contributed by atoms with E-state index in [2.05, 4.69) is 5.32 Å². The number of Topliss-reactive ketones (excluding diaryl/α,β-unsaturated/α-hetero) is 1. The molecule has 0 spiro atoms. The second-order valence-corrected chi connectivity index (χ2v) is 7.55. The van der Waals surface area contributed by atoms with E-state index in [9.17, 15) is 9.59 Å². The Balaban J connectivity index is 1.49. The number of rotatable bonds is 7. The van der Waals surface area contributed by atoms with Crippen molar-refractivity contribution in [1.29, 1.82) is 0 Å². The Morgan fingerprint density at radius 3 is 2.28 bits per heavy atom. The van der Waals surface area contributed by atoms with Crippen molar-refractivity contribution in [2.24, 2.45) is 5.92 Å². The number of hydrogen-bond acceptors (Lipinski definition) is 4. The van der Waals surface area contributed by atoms with Crippen LogP contribution in [0.15, 0.2) is 42.5 Å². The number of benzene rings is 2. The summed E-state index contributed by atoms with van der Waals surface area (Å²) in [6.07, 6.45) is 1.62. The summed E-state index contributed by atoms with van der Waals surface area (Å²) >= 11 is 0. The third kappa shape index (κ3) is 5.35. The van der Waals surface area contributed by atoms with Gasteiger partial charge in [0.15, 0.2) is 23.8 Å². The van der Waals surface area contributed by atoms with Crippen LogP contribution in [0.5, 0.6) is 11.5 Å². The maximum atomic E-state index is 12.7. The molecule has 0 aromatic heterocycles. The zero-order valence-electron chi connectivity index (χ0n) is 17.3. The van der Waals surface area contributed by atoms with E-state index in [-0.39, 0.29) is 17.6 Å². The number of amides is 1. The summed E-state index contributed by atoms with van der Waals surface area (Å²) in [4.78, 5) is 26.3. The zero-order valence-corrected chi connectivity index (χ0v) is 17.3. The minimum atomic E-state index is -0.0458. The Morgan fingerprint density at radius 1 is 1.00 bits per heavy atom. The van der Waals surface area contributed by atoms with Crippen LogP contribution in [0, 0.1) is 12.8 Å². The van der Waals surface area contributed by atoms with Crippen molar-refractivity contribution in [3.63, 3.8) is 0 Å². The van der Waals surface area contributed by atoms with Gasteiger partial charge in [-0.3, -0.25) is 9.59 Å². The van der Waals surface area contributed by atoms with Crippen LogP contribution in [0.25, 0.3) is 0 Å². The molecule has 1 heterocycles. The normalized spacial score (nSPS) is 18.7. The molecule has 1 fully saturated rings. The summed E-state index contributed by atoms with van der Waals surface area (Å²) in [7, 11) is 3.14. The highest BCUT2D eigenvalue weighted by Gasteiger charge is 2.29. The molecule has 2 aromatic rings. The van der Waals surface area contributed by atoms with Crippen LogP contribution in [0.1, 0.15) is 28.8 Å². The number of ketones is 1. The van der Waals surface area contributed by atoms with Crippen LogP contribution in [0.4, 0.5) is 5.69 Å². The highest BCUT2D eigenvalue weighted by molar-refractivity contribution is 5.98. The molecule has 6 nitrogen and oxygen atoms in total. The molecule has 0 atom stereocenters. The monoisotopic (exact) mass is 397 g/mol. The SMILES string of the molecule is COc1ccc(NC(=O)C[NH+]2CCC(C(=O)c3ccc(C)cc3)CC2)cc1OC. The van der Waals surface area contributed by atoms with Crippen LogP contribution >= 0.6 is 0 Å². The number of carbonyl (C=O) groups excluding carboxylic acids is 2. The average molecular weight is 397 g/mol. The zero-order chi connectivity index (χ0) is 20.8. The standard InChI is InChI=1S/C23H28N2O4/c1-16-4-6-17(7-5-16)23(27)18-10-12-25(13-11-18)15-22(26)24-19-8-9-20(28-2)21(14-19)29-3/h4-9,14,18H,10-13,15H2,1-3H3,(H,24,26)/p+1. The summed E-state index contributed by atoms with van der Waals surface area (Å²) in [5.41, 5.74) is 2.62. The molecule has 0 saturated carbocycles. The van der Waals surface area contributed by atoms with Gasteiger partial charge in [-0.05, 0) is 19.1 Å². The second-order valence-electron chi connectivity index (χ2n) is 7.55. The van der Waals surface area contributed by atoms with Crippen LogP contribution < -0.4 is 19.7 Å². The molecular weight excluding hydrogens is 368 g/mol. The predicted molar refractivity (Wildman–Crippen MR) is 112 cm³/mol. The lowest BCUT2D eigenvalue weighted by molar-refractivity contribution is -0.897. The smallest absolute Gasteiger partial charge is 0.279 e. The third-order valence-electron chi connectivity index (χ3n) is 5.48. The number of ether oxygens (including phenoxy) is 2. The molecule has 0 bridgehead atoms. The van der Waals surface area contributed by atoms with Gasteiger partial charge in [0.25, 0.3) is 5.91 Å². The Bertz CT molecular complexity index is 856. The summed E-state index contributed by atoms with van der Waals surface area (Å²) < 4.78 is 10.5. The summed E-state index contributed by atoms with van der Waals surface area (Å²) in [6, 6.07) is 13.1. The maximum Gasteiger partial charge on any atom is 0.279 e. The molecule has 1 aliphatic rings. The van der Waals surface area contributed by atoms with Crippen molar-refractivity contribution in [2.75, 3.05) is 39.2 Å². The van der Waals surface area contributed by atoms with E-state index in [1.54, 1.807) is 32.4 Å². The molecule has 2 aromatic carbocycles.